The van der Waals surface area contributed by atoms with Gasteiger partial charge in [0.05, 0.1) is 0 Å². The predicted molar refractivity (Wildman–Crippen MR) is 52.8 cm³/mol. The average molecular weight is 161 g/mol. The number of hydrogen-bond donors (Lipinski definition) is 1. The molecule has 0 aliphatic carbocycles. The fraction of sp³-hybridized carbons (Fsp3) is 0.273. The van der Waals surface area contributed by atoms with Crippen molar-refractivity contribution in [1.29, 1.82) is 0 Å². The minimum absolute atomic E-state index is 0.157. The van der Waals surface area contributed by atoms with E-state index < -0.39 is 0 Å². The second kappa shape index (κ2) is 4.73. The van der Waals surface area contributed by atoms with E-state index in [1.54, 1.807) is 0 Å². The van der Waals surface area contributed by atoms with E-state index in [0.717, 1.165) is 12.8 Å². The third-order valence-corrected chi connectivity index (χ3v) is 1.91. The van der Waals surface area contributed by atoms with Gasteiger partial charge in [-0.2, -0.15) is 0 Å². The van der Waals surface area contributed by atoms with Gasteiger partial charge in [0, 0.05) is 6.04 Å². The smallest absolute Gasteiger partial charge is 0.0297 e. The molecule has 1 heteroatoms. The maximum absolute atomic E-state index is 5.93. The van der Waals surface area contributed by atoms with Crippen LogP contribution in [0.2, 0.25) is 0 Å². The molecule has 0 aliphatic rings. The van der Waals surface area contributed by atoms with Crippen molar-refractivity contribution in [1.82, 2.24) is 0 Å². The minimum Gasteiger partial charge on any atom is -0.324 e. The normalized spacial score (nSPS) is 12.4. The van der Waals surface area contributed by atoms with Crippen LogP contribution in [0.3, 0.4) is 0 Å². The van der Waals surface area contributed by atoms with Gasteiger partial charge >= 0.3 is 0 Å². The molecule has 1 rings (SSSR count). The second-order valence-electron chi connectivity index (χ2n) is 2.88. The van der Waals surface area contributed by atoms with E-state index in [1.807, 2.05) is 24.3 Å². The molecule has 0 saturated carbocycles. The van der Waals surface area contributed by atoms with Gasteiger partial charge in [-0.3, -0.25) is 0 Å². The van der Waals surface area contributed by atoms with E-state index >= 15 is 0 Å². The van der Waals surface area contributed by atoms with Crippen LogP contribution in [0.4, 0.5) is 0 Å². The highest BCUT2D eigenvalue weighted by Crippen LogP contribution is 2.14. The van der Waals surface area contributed by atoms with Crippen molar-refractivity contribution in [2.24, 2.45) is 5.73 Å². The lowest BCUT2D eigenvalue weighted by Crippen LogP contribution is -2.09. The lowest BCUT2D eigenvalue weighted by atomic mass is 10.0. The van der Waals surface area contributed by atoms with Crippen LogP contribution in [0.25, 0.3) is 0 Å². The standard InChI is InChI=1S/C11H15N/c1-2-3-9-11(12)10-7-5-4-6-8-10/h2,4-8,11H,1,3,9,12H2/t11-/m0/s1. The van der Waals surface area contributed by atoms with E-state index in [2.05, 4.69) is 18.7 Å². The van der Waals surface area contributed by atoms with Crippen molar-refractivity contribution < 1.29 is 0 Å². The fourth-order valence-corrected chi connectivity index (χ4v) is 1.16. The Morgan fingerprint density at radius 2 is 2.00 bits per heavy atom. The van der Waals surface area contributed by atoms with Gasteiger partial charge in [-0.1, -0.05) is 36.4 Å². The quantitative estimate of drug-likeness (QED) is 0.675. The first-order chi connectivity index (χ1) is 5.84. The van der Waals surface area contributed by atoms with E-state index in [4.69, 9.17) is 5.73 Å². The van der Waals surface area contributed by atoms with Crippen LogP contribution in [-0.2, 0) is 0 Å². The van der Waals surface area contributed by atoms with E-state index in [0.29, 0.717) is 0 Å². The summed E-state index contributed by atoms with van der Waals surface area (Å²) in [6, 6.07) is 10.3. The minimum atomic E-state index is 0.157. The van der Waals surface area contributed by atoms with Crippen LogP contribution in [-0.4, -0.2) is 0 Å². The molecule has 0 radical (unpaired) electrons. The molecule has 0 aliphatic heterocycles. The summed E-state index contributed by atoms with van der Waals surface area (Å²) in [6.45, 7) is 3.67. The summed E-state index contributed by atoms with van der Waals surface area (Å²) in [7, 11) is 0. The largest absolute Gasteiger partial charge is 0.324 e. The molecule has 1 nitrogen and oxygen atoms in total. The van der Waals surface area contributed by atoms with Gasteiger partial charge < -0.3 is 5.73 Å². The van der Waals surface area contributed by atoms with Gasteiger partial charge in [0.15, 0.2) is 0 Å². The van der Waals surface area contributed by atoms with Gasteiger partial charge in [0.25, 0.3) is 0 Å². The molecule has 1 aromatic rings. The molecule has 64 valence electrons. The van der Waals surface area contributed by atoms with Crippen molar-refractivity contribution in [3.63, 3.8) is 0 Å². The third-order valence-electron chi connectivity index (χ3n) is 1.91. The monoisotopic (exact) mass is 161 g/mol. The molecule has 12 heavy (non-hydrogen) atoms. The Hall–Kier alpha value is -1.08. The molecule has 0 aromatic heterocycles. The Kier molecular flexibility index (Phi) is 3.55. The van der Waals surface area contributed by atoms with Crippen molar-refractivity contribution in [3.8, 4) is 0 Å². The maximum Gasteiger partial charge on any atom is 0.0297 e. The summed E-state index contributed by atoms with van der Waals surface area (Å²) in [5.41, 5.74) is 7.14. The summed E-state index contributed by atoms with van der Waals surface area (Å²) < 4.78 is 0. The van der Waals surface area contributed by atoms with Crippen LogP contribution in [0.1, 0.15) is 24.4 Å². The Bertz CT molecular complexity index is 228. The number of nitrogens with two attached hydrogens (primary N) is 1. The molecular weight excluding hydrogens is 146 g/mol. The topological polar surface area (TPSA) is 26.0 Å². The summed E-state index contributed by atoms with van der Waals surface area (Å²) in [6.07, 6.45) is 3.87. The van der Waals surface area contributed by atoms with Crippen LogP contribution >= 0.6 is 0 Å². The zero-order valence-electron chi connectivity index (χ0n) is 7.24. The Morgan fingerprint density at radius 3 is 2.58 bits per heavy atom. The van der Waals surface area contributed by atoms with Crippen molar-refractivity contribution in [2.75, 3.05) is 0 Å². The van der Waals surface area contributed by atoms with Crippen molar-refractivity contribution in [3.05, 3.63) is 48.6 Å². The molecule has 0 fully saturated rings. The molecule has 0 saturated heterocycles. The highest BCUT2D eigenvalue weighted by Gasteiger charge is 2.02. The van der Waals surface area contributed by atoms with Crippen LogP contribution in [0, 0.1) is 0 Å². The molecule has 2 N–H and O–H groups in total. The van der Waals surface area contributed by atoms with Gasteiger partial charge in [-0.25, -0.2) is 0 Å². The molecule has 0 spiro atoms. The Morgan fingerprint density at radius 1 is 1.33 bits per heavy atom. The number of benzene rings is 1. The van der Waals surface area contributed by atoms with Gasteiger partial charge in [-0.15, -0.1) is 6.58 Å². The van der Waals surface area contributed by atoms with Gasteiger partial charge in [-0.05, 0) is 18.4 Å². The molecular formula is C11H15N. The summed E-state index contributed by atoms with van der Waals surface area (Å²) in [4.78, 5) is 0. The van der Waals surface area contributed by atoms with Crippen LogP contribution < -0.4 is 5.73 Å². The molecule has 0 unspecified atom stereocenters. The van der Waals surface area contributed by atoms with E-state index in [9.17, 15) is 0 Å². The first kappa shape index (κ1) is 9.01. The van der Waals surface area contributed by atoms with E-state index in [-0.39, 0.29) is 6.04 Å². The predicted octanol–water partition coefficient (Wildman–Crippen LogP) is 2.65. The highest BCUT2D eigenvalue weighted by atomic mass is 14.6. The Labute approximate surface area is 73.9 Å². The molecule has 0 bridgehead atoms. The highest BCUT2D eigenvalue weighted by molar-refractivity contribution is 5.18. The van der Waals surface area contributed by atoms with Gasteiger partial charge in [0.1, 0.15) is 0 Å². The van der Waals surface area contributed by atoms with E-state index in [1.165, 1.54) is 5.56 Å². The maximum atomic E-state index is 5.93. The lowest BCUT2D eigenvalue weighted by molar-refractivity contribution is 0.661. The number of rotatable bonds is 4. The molecule has 0 amide bonds. The van der Waals surface area contributed by atoms with Crippen molar-refractivity contribution in [2.45, 2.75) is 18.9 Å². The molecule has 0 heterocycles. The lowest BCUT2D eigenvalue weighted by Gasteiger charge is -2.09. The zero-order chi connectivity index (χ0) is 8.81. The zero-order valence-corrected chi connectivity index (χ0v) is 7.24. The third kappa shape index (κ3) is 2.51. The second-order valence-corrected chi connectivity index (χ2v) is 2.88. The number of hydrogen-bond acceptors (Lipinski definition) is 1. The molecule has 1 aromatic carbocycles. The first-order valence-electron chi connectivity index (χ1n) is 4.26. The van der Waals surface area contributed by atoms with Crippen LogP contribution in [0.15, 0.2) is 43.0 Å². The van der Waals surface area contributed by atoms with Crippen LogP contribution in [0.5, 0.6) is 0 Å². The first-order valence-corrected chi connectivity index (χ1v) is 4.26. The summed E-state index contributed by atoms with van der Waals surface area (Å²) >= 11 is 0. The Balaban J connectivity index is 2.53. The average Bonchev–Trinajstić information content (AvgIpc) is 2.15. The number of allylic oxidation sites excluding steroid dienone is 1. The van der Waals surface area contributed by atoms with Crippen molar-refractivity contribution >= 4 is 0 Å². The SMILES string of the molecule is C=CCC[C@H](N)c1ccccc1. The summed E-state index contributed by atoms with van der Waals surface area (Å²) in [5, 5.41) is 0. The summed E-state index contributed by atoms with van der Waals surface area (Å²) in [5.74, 6) is 0. The fourth-order valence-electron chi connectivity index (χ4n) is 1.16. The van der Waals surface area contributed by atoms with Gasteiger partial charge in [0.2, 0.25) is 0 Å². The molecule has 1 atom stereocenters.